The predicted molar refractivity (Wildman–Crippen MR) is 109 cm³/mol. The third kappa shape index (κ3) is 4.15. The smallest absolute Gasteiger partial charge is 0.222 e. The molecule has 30 heavy (non-hydrogen) atoms. The number of carbonyl (C=O) groups excluding carboxylic acids is 2. The van der Waals surface area contributed by atoms with Crippen LogP contribution in [0.15, 0.2) is 24.3 Å². The minimum Gasteiger partial charge on any atom is -0.487 e. The molecule has 0 unspecified atom stereocenters. The quantitative estimate of drug-likeness (QED) is 0.803. The van der Waals surface area contributed by atoms with E-state index in [9.17, 15) is 9.59 Å². The fourth-order valence-corrected chi connectivity index (χ4v) is 4.40. The van der Waals surface area contributed by atoms with E-state index in [2.05, 4.69) is 20.8 Å². The molecule has 9 nitrogen and oxygen atoms in total. The molecule has 0 aliphatic carbocycles. The fourth-order valence-electron chi connectivity index (χ4n) is 4.40. The van der Waals surface area contributed by atoms with Crippen molar-refractivity contribution < 1.29 is 14.3 Å². The summed E-state index contributed by atoms with van der Waals surface area (Å²) in [4.78, 5) is 27.0. The lowest BCUT2D eigenvalue weighted by atomic mass is 9.82. The van der Waals surface area contributed by atoms with Gasteiger partial charge in [0.1, 0.15) is 17.2 Å². The van der Waals surface area contributed by atoms with Gasteiger partial charge in [-0.3, -0.25) is 9.59 Å². The Bertz CT molecular complexity index is 929. The molecule has 1 fully saturated rings. The average Bonchev–Trinajstić information content (AvgIpc) is 3.09. The van der Waals surface area contributed by atoms with E-state index in [1.807, 2.05) is 43.0 Å². The Balaban J connectivity index is 1.49. The Labute approximate surface area is 175 Å². The maximum absolute atomic E-state index is 12.7. The number of fused-ring (bicyclic) bond motifs is 1. The molecule has 2 aliphatic heterocycles. The fraction of sp³-hybridized carbons (Fsp3) is 0.571. The van der Waals surface area contributed by atoms with Crippen LogP contribution in [0.1, 0.15) is 56.5 Å². The predicted octanol–water partition coefficient (Wildman–Crippen LogP) is 1.78. The lowest BCUT2D eigenvalue weighted by Crippen LogP contribution is -2.46. The zero-order valence-electron chi connectivity index (χ0n) is 17.5. The number of nitrogens with one attached hydrogen (secondary N) is 1. The summed E-state index contributed by atoms with van der Waals surface area (Å²) in [6, 6.07) is 7.69. The van der Waals surface area contributed by atoms with E-state index in [0.717, 1.165) is 17.7 Å². The van der Waals surface area contributed by atoms with Gasteiger partial charge in [-0.1, -0.05) is 18.2 Å². The first-order valence-corrected chi connectivity index (χ1v) is 10.6. The first-order valence-electron chi connectivity index (χ1n) is 10.6. The maximum atomic E-state index is 12.7. The summed E-state index contributed by atoms with van der Waals surface area (Å²) in [6.07, 6.45) is 2.84. The number of nitrogens with zero attached hydrogens (tertiary/aromatic N) is 5. The van der Waals surface area contributed by atoms with Crippen molar-refractivity contribution >= 4 is 11.8 Å². The highest BCUT2D eigenvalue weighted by atomic mass is 16.5. The third-order valence-corrected chi connectivity index (χ3v) is 6.16. The summed E-state index contributed by atoms with van der Waals surface area (Å²) < 4.78 is 8.09. The number of para-hydroxylation sites is 1. The van der Waals surface area contributed by atoms with E-state index in [1.165, 1.54) is 0 Å². The van der Waals surface area contributed by atoms with Gasteiger partial charge in [0.25, 0.3) is 0 Å². The maximum Gasteiger partial charge on any atom is 0.222 e. The molecule has 3 heterocycles. The molecule has 2 atom stereocenters. The molecule has 0 radical (unpaired) electrons. The van der Waals surface area contributed by atoms with Crippen molar-refractivity contribution in [3.63, 3.8) is 0 Å². The van der Waals surface area contributed by atoms with E-state index < -0.39 is 5.60 Å². The molecule has 0 saturated carbocycles. The van der Waals surface area contributed by atoms with Crippen LogP contribution in [-0.2, 0) is 16.1 Å². The highest BCUT2D eigenvalue weighted by Gasteiger charge is 2.43. The van der Waals surface area contributed by atoms with E-state index in [-0.39, 0.29) is 17.9 Å². The lowest BCUT2D eigenvalue weighted by molar-refractivity contribution is -0.130. The van der Waals surface area contributed by atoms with Gasteiger partial charge in [0.05, 0.1) is 12.6 Å². The second-order valence-corrected chi connectivity index (χ2v) is 8.07. The summed E-state index contributed by atoms with van der Waals surface area (Å²) in [7, 11) is 0. The molecule has 160 valence electrons. The Morgan fingerprint density at radius 1 is 1.33 bits per heavy atom. The molecule has 1 aromatic carbocycles. The van der Waals surface area contributed by atoms with Gasteiger partial charge in [0.2, 0.25) is 11.8 Å². The summed E-state index contributed by atoms with van der Waals surface area (Å²) in [5.74, 6) is 1.60. The van der Waals surface area contributed by atoms with Gasteiger partial charge >= 0.3 is 0 Å². The van der Waals surface area contributed by atoms with E-state index in [4.69, 9.17) is 4.74 Å². The van der Waals surface area contributed by atoms with Crippen LogP contribution in [0.2, 0.25) is 0 Å². The Morgan fingerprint density at radius 2 is 2.17 bits per heavy atom. The van der Waals surface area contributed by atoms with E-state index >= 15 is 0 Å². The van der Waals surface area contributed by atoms with Gasteiger partial charge < -0.3 is 15.0 Å². The van der Waals surface area contributed by atoms with Gasteiger partial charge in [-0.2, -0.15) is 0 Å². The largest absolute Gasteiger partial charge is 0.487 e. The number of amides is 2. The number of likely N-dealkylation sites (tertiary alicyclic amines) is 1. The van der Waals surface area contributed by atoms with Crippen LogP contribution in [0.25, 0.3) is 0 Å². The van der Waals surface area contributed by atoms with Crippen molar-refractivity contribution in [3.8, 4) is 5.75 Å². The number of aromatic nitrogens is 4. The van der Waals surface area contributed by atoms with E-state index in [1.54, 1.807) is 4.68 Å². The molecule has 1 saturated heterocycles. The highest BCUT2D eigenvalue weighted by molar-refractivity contribution is 5.77. The standard InChI is InChI=1S/C21H28N6O3/c1-3-26-13-11-21(10-8-20(26)29)14-17(16-6-4-5-7-18(16)30-21)22-19(28)9-12-27-15(2)23-24-25-27/h4-7,17H,3,8-14H2,1-2H3,(H,22,28)/t17-,21+/m1/s1. The monoisotopic (exact) mass is 412 g/mol. The summed E-state index contributed by atoms with van der Waals surface area (Å²) in [5.41, 5.74) is 0.538. The topological polar surface area (TPSA) is 102 Å². The van der Waals surface area contributed by atoms with Crippen molar-refractivity contribution in [1.29, 1.82) is 0 Å². The van der Waals surface area contributed by atoms with E-state index in [0.29, 0.717) is 51.1 Å². The van der Waals surface area contributed by atoms with Crippen LogP contribution >= 0.6 is 0 Å². The van der Waals surface area contributed by atoms with Crippen molar-refractivity contribution in [2.24, 2.45) is 0 Å². The van der Waals surface area contributed by atoms with Crippen molar-refractivity contribution in [2.45, 2.75) is 64.1 Å². The highest BCUT2D eigenvalue weighted by Crippen LogP contribution is 2.44. The number of aryl methyl sites for hydroxylation is 2. The number of rotatable bonds is 5. The first kappa shape index (κ1) is 20.3. The zero-order valence-corrected chi connectivity index (χ0v) is 17.5. The molecular weight excluding hydrogens is 384 g/mol. The minimum absolute atomic E-state index is 0.0540. The summed E-state index contributed by atoms with van der Waals surface area (Å²) in [6.45, 7) is 5.63. The van der Waals surface area contributed by atoms with Crippen LogP contribution in [0.4, 0.5) is 0 Å². The van der Waals surface area contributed by atoms with Crippen molar-refractivity contribution in [1.82, 2.24) is 30.4 Å². The minimum atomic E-state index is -0.446. The molecule has 2 amide bonds. The van der Waals surface area contributed by atoms with Crippen LogP contribution in [0.5, 0.6) is 5.75 Å². The number of carbonyl (C=O) groups is 2. The second kappa shape index (κ2) is 8.41. The molecule has 1 N–H and O–H groups in total. The molecule has 2 aromatic rings. The normalized spacial score (nSPS) is 23.6. The van der Waals surface area contributed by atoms with Crippen LogP contribution < -0.4 is 10.1 Å². The molecule has 1 spiro atoms. The number of hydrogen-bond acceptors (Lipinski definition) is 6. The molecular formula is C21H28N6O3. The van der Waals surface area contributed by atoms with Gasteiger partial charge in [-0.15, -0.1) is 5.10 Å². The Morgan fingerprint density at radius 3 is 2.93 bits per heavy atom. The van der Waals surface area contributed by atoms with Crippen LogP contribution in [-0.4, -0.2) is 55.6 Å². The number of ether oxygens (including phenoxy) is 1. The van der Waals surface area contributed by atoms with Crippen molar-refractivity contribution in [2.75, 3.05) is 13.1 Å². The van der Waals surface area contributed by atoms with Crippen LogP contribution in [0.3, 0.4) is 0 Å². The summed E-state index contributed by atoms with van der Waals surface area (Å²) in [5, 5.41) is 14.5. The molecule has 9 heteroatoms. The molecule has 1 aromatic heterocycles. The number of benzene rings is 1. The Hall–Kier alpha value is -2.97. The van der Waals surface area contributed by atoms with Gasteiger partial charge in [-0.05, 0) is 36.8 Å². The third-order valence-electron chi connectivity index (χ3n) is 6.16. The molecule has 4 rings (SSSR count). The van der Waals surface area contributed by atoms with Gasteiger partial charge in [-0.25, -0.2) is 4.68 Å². The Kier molecular flexibility index (Phi) is 5.69. The van der Waals surface area contributed by atoms with Gasteiger partial charge in [0, 0.05) is 44.3 Å². The molecule has 2 aliphatic rings. The number of tetrazole rings is 1. The molecule has 0 bridgehead atoms. The average molecular weight is 412 g/mol. The second-order valence-electron chi connectivity index (χ2n) is 8.07. The number of hydrogen-bond donors (Lipinski definition) is 1. The van der Waals surface area contributed by atoms with Gasteiger partial charge in [0.15, 0.2) is 0 Å². The van der Waals surface area contributed by atoms with Crippen LogP contribution in [0, 0.1) is 6.92 Å². The zero-order chi connectivity index (χ0) is 21.1. The van der Waals surface area contributed by atoms with Crippen molar-refractivity contribution in [3.05, 3.63) is 35.7 Å². The SMILES string of the molecule is CCN1CC[C@@]2(CCC1=O)C[C@@H](NC(=O)CCn1nnnc1C)c1ccccc1O2. The first-order chi connectivity index (χ1) is 14.5. The lowest BCUT2D eigenvalue weighted by Gasteiger charge is -2.42. The summed E-state index contributed by atoms with van der Waals surface area (Å²) >= 11 is 0.